The zero-order chi connectivity index (χ0) is 19.9. The molecule has 144 valence electrons. The molecule has 1 rings (SSSR count). The number of nitrogens with zero attached hydrogens (tertiary/aromatic N) is 1. The van der Waals surface area contributed by atoms with Gasteiger partial charge in [-0.05, 0) is 52.9 Å². The average Bonchev–Trinajstić information content (AvgIpc) is 2.55. The lowest BCUT2D eigenvalue weighted by Crippen LogP contribution is -2.46. The van der Waals surface area contributed by atoms with Crippen molar-refractivity contribution < 1.29 is 22.3 Å². The molecular formula is C18H23BrFNO4S. The van der Waals surface area contributed by atoms with Gasteiger partial charge in [0.2, 0.25) is 10.0 Å². The molecule has 8 heteroatoms. The summed E-state index contributed by atoms with van der Waals surface area (Å²) in [5.74, 6) is 1.31. The van der Waals surface area contributed by atoms with Gasteiger partial charge >= 0.3 is 5.97 Å². The van der Waals surface area contributed by atoms with Gasteiger partial charge in [-0.1, -0.05) is 13.8 Å². The summed E-state index contributed by atoms with van der Waals surface area (Å²) in [6, 6.07) is 2.32. The minimum Gasteiger partial charge on any atom is -0.468 e. The fourth-order valence-electron chi connectivity index (χ4n) is 2.51. The predicted molar refractivity (Wildman–Crippen MR) is 101 cm³/mol. The Kier molecular flexibility index (Phi) is 8.74. The zero-order valence-corrected chi connectivity index (χ0v) is 17.4. The summed E-state index contributed by atoms with van der Waals surface area (Å²) in [5, 5.41) is 0. The molecule has 0 amide bonds. The molecule has 1 aromatic carbocycles. The Morgan fingerprint density at radius 3 is 2.58 bits per heavy atom. The number of ether oxygens (including phenoxy) is 1. The van der Waals surface area contributed by atoms with Crippen LogP contribution in [-0.2, 0) is 19.6 Å². The van der Waals surface area contributed by atoms with Crippen molar-refractivity contribution >= 4 is 31.9 Å². The Morgan fingerprint density at radius 1 is 1.42 bits per heavy atom. The highest BCUT2D eigenvalue weighted by molar-refractivity contribution is 9.10. The van der Waals surface area contributed by atoms with Gasteiger partial charge in [0.05, 0.1) is 12.0 Å². The molecule has 0 saturated heterocycles. The summed E-state index contributed by atoms with van der Waals surface area (Å²) in [5.41, 5.74) is 0. The van der Waals surface area contributed by atoms with Gasteiger partial charge in [-0.3, -0.25) is 4.79 Å². The molecule has 1 aromatic rings. The van der Waals surface area contributed by atoms with Gasteiger partial charge in [-0.15, -0.1) is 12.3 Å². The van der Waals surface area contributed by atoms with Crippen LogP contribution in [0.1, 0.15) is 33.1 Å². The summed E-state index contributed by atoms with van der Waals surface area (Å²) in [6.07, 6.45) is 6.31. The SMILES string of the molecule is C#CCCCN([C@@H](CC(C)C)C(=O)OC)S(=O)(=O)c1ccc(F)cc1Br. The Balaban J connectivity index is 3.41. The van der Waals surface area contributed by atoms with Crippen LogP contribution >= 0.6 is 15.9 Å². The van der Waals surface area contributed by atoms with E-state index >= 15 is 0 Å². The second-order valence-electron chi connectivity index (χ2n) is 6.17. The lowest BCUT2D eigenvalue weighted by Gasteiger charge is -2.30. The van der Waals surface area contributed by atoms with Crippen molar-refractivity contribution in [2.45, 2.75) is 44.0 Å². The number of hydrogen-bond acceptors (Lipinski definition) is 4. The van der Waals surface area contributed by atoms with Gasteiger partial charge < -0.3 is 4.74 Å². The van der Waals surface area contributed by atoms with Crippen molar-refractivity contribution in [3.63, 3.8) is 0 Å². The maximum Gasteiger partial charge on any atom is 0.324 e. The number of unbranched alkanes of at least 4 members (excludes halogenated alkanes) is 1. The number of halogens is 2. The van der Waals surface area contributed by atoms with Crippen LogP contribution in [-0.4, -0.2) is 38.4 Å². The maximum atomic E-state index is 13.4. The molecule has 0 aliphatic rings. The van der Waals surface area contributed by atoms with Crippen molar-refractivity contribution in [3.05, 3.63) is 28.5 Å². The van der Waals surface area contributed by atoms with E-state index in [1.165, 1.54) is 13.2 Å². The molecule has 1 atom stereocenters. The van der Waals surface area contributed by atoms with Crippen LogP contribution in [0.5, 0.6) is 0 Å². The molecule has 0 aliphatic heterocycles. The van der Waals surface area contributed by atoms with E-state index in [9.17, 15) is 17.6 Å². The van der Waals surface area contributed by atoms with Crippen molar-refractivity contribution in [1.82, 2.24) is 4.31 Å². The minimum atomic E-state index is -4.08. The van der Waals surface area contributed by atoms with Gasteiger partial charge in [0.15, 0.2) is 0 Å². The number of methoxy groups -OCH3 is 1. The van der Waals surface area contributed by atoms with Gasteiger partial charge in [0.1, 0.15) is 11.9 Å². The van der Waals surface area contributed by atoms with E-state index in [1.807, 2.05) is 13.8 Å². The van der Waals surface area contributed by atoms with Crippen LogP contribution in [0.3, 0.4) is 0 Å². The van der Waals surface area contributed by atoms with Crippen molar-refractivity contribution in [2.24, 2.45) is 5.92 Å². The Hall–Kier alpha value is -1.43. The van der Waals surface area contributed by atoms with Crippen molar-refractivity contribution in [1.29, 1.82) is 0 Å². The smallest absolute Gasteiger partial charge is 0.324 e. The maximum absolute atomic E-state index is 13.4. The summed E-state index contributed by atoms with van der Waals surface area (Å²) in [7, 11) is -2.86. The van der Waals surface area contributed by atoms with E-state index in [-0.39, 0.29) is 21.8 Å². The number of sulfonamides is 1. The monoisotopic (exact) mass is 447 g/mol. The van der Waals surface area contributed by atoms with E-state index in [0.717, 1.165) is 16.4 Å². The second-order valence-corrected chi connectivity index (χ2v) is 8.88. The number of benzene rings is 1. The van der Waals surface area contributed by atoms with Crippen LogP contribution in [0.25, 0.3) is 0 Å². The minimum absolute atomic E-state index is 0.0566. The lowest BCUT2D eigenvalue weighted by molar-refractivity contribution is -0.145. The second kappa shape index (κ2) is 10.0. The summed E-state index contributed by atoms with van der Waals surface area (Å²) in [6.45, 7) is 3.83. The molecule has 0 fully saturated rings. The number of carbonyl (C=O) groups is 1. The first kappa shape index (κ1) is 22.6. The quantitative estimate of drug-likeness (QED) is 0.329. The molecule has 0 aromatic heterocycles. The number of hydrogen-bond donors (Lipinski definition) is 0. The molecule has 26 heavy (non-hydrogen) atoms. The first-order valence-corrected chi connectivity index (χ1v) is 10.4. The normalized spacial score (nSPS) is 12.8. The van der Waals surface area contributed by atoms with Crippen LogP contribution < -0.4 is 0 Å². The molecule has 0 heterocycles. The fraction of sp³-hybridized carbons (Fsp3) is 0.500. The standard InChI is InChI=1S/C18H23BrFNO4S/c1-5-6-7-10-21(16(11-13(2)3)18(22)25-4)26(23,24)17-9-8-14(20)12-15(17)19/h1,8-9,12-13,16H,6-7,10-11H2,2-4H3/t16-/m0/s1. The molecule has 0 radical (unpaired) electrons. The van der Waals surface area contributed by atoms with Gasteiger partial charge in [-0.25, -0.2) is 12.8 Å². The third kappa shape index (κ3) is 5.79. The summed E-state index contributed by atoms with van der Waals surface area (Å²) in [4.78, 5) is 12.2. The Morgan fingerprint density at radius 2 is 2.08 bits per heavy atom. The number of terminal acetylenes is 1. The lowest BCUT2D eigenvalue weighted by atomic mass is 10.0. The van der Waals surface area contributed by atoms with E-state index in [4.69, 9.17) is 11.2 Å². The van der Waals surface area contributed by atoms with E-state index in [0.29, 0.717) is 19.3 Å². The molecule has 0 spiro atoms. The van der Waals surface area contributed by atoms with Crippen LogP contribution in [0.4, 0.5) is 4.39 Å². The third-order valence-corrected chi connectivity index (χ3v) is 6.58. The van der Waals surface area contributed by atoms with Crippen LogP contribution in [0.15, 0.2) is 27.6 Å². The first-order valence-electron chi connectivity index (χ1n) is 8.13. The highest BCUT2D eigenvalue weighted by Gasteiger charge is 2.37. The van der Waals surface area contributed by atoms with Crippen molar-refractivity contribution in [3.8, 4) is 12.3 Å². The Bertz CT molecular complexity index is 774. The summed E-state index contributed by atoms with van der Waals surface area (Å²) < 4.78 is 45.8. The highest BCUT2D eigenvalue weighted by atomic mass is 79.9. The van der Waals surface area contributed by atoms with Crippen molar-refractivity contribution in [2.75, 3.05) is 13.7 Å². The fourth-order valence-corrected chi connectivity index (χ4v) is 5.14. The number of carbonyl (C=O) groups excluding carboxylic acids is 1. The summed E-state index contributed by atoms with van der Waals surface area (Å²) >= 11 is 3.09. The topological polar surface area (TPSA) is 63.7 Å². The molecule has 0 unspecified atom stereocenters. The van der Waals surface area contributed by atoms with E-state index in [2.05, 4.69) is 21.9 Å². The van der Waals surface area contributed by atoms with Gasteiger partial charge in [-0.2, -0.15) is 4.31 Å². The molecule has 5 nitrogen and oxygen atoms in total. The molecule has 0 saturated carbocycles. The van der Waals surface area contributed by atoms with Crippen LogP contribution in [0.2, 0.25) is 0 Å². The zero-order valence-electron chi connectivity index (χ0n) is 15.0. The largest absolute Gasteiger partial charge is 0.468 e. The first-order chi connectivity index (χ1) is 12.1. The van der Waals surface area contributed by atoms with Crippen LogP contribution in [0, 0.1) is 24.1 Å². The highest BCUT2D eigenvalue weighted by Crippen LogP contribution is 2.29. The molecular weight excluding hydrogens is 425 g/mol. The predicted octanol–water partition coefficient (Wildman–Crippen LogP) is 3.58. The molecule has 0 N–H and O–H groups in total. The third-order valence-electron chi connectivity index (χ3n) is 3.70. The molecule has 0 bridgehead atoms. The van der Waals surface area contributed by atoms with E-state index in [1.54, 1.807) is 0 Å². The van der Waals surface area contributed by atoms with Gasteiger partial charge in [0, 0.05) is 17.4 Å². The Labute approximate surface area is 163 Å². The average molecular weight is 448 g/mol. The molecule has 0 aliphatic carbocycles. The number of esters is 1. The number of rotatable bonds is 9. The van der Waals surface area contributed by atoms with E-state index < -0.39 is 27.9 Å². The van der Waals surface area contributed by atoms with Gasteiger partial charge in [0.25, 0.3) is 0 Å².